The van der Waals surface area contributed by atoms with E-state index in [1.54, 1.807) is 17.2 Å². The van der Waals surface area contributed by atoms with E-state index in [0.29, 0.717) is 45.6 Å². The first-order chi connectivity index (χ1) is 14.6. The molecule has 3 amide bonds. The van der Waals surface area contributed by atoms with Gasteiger partial charge in [-0.2, -0.15) is 0 Å². The second kappa shape index (κ2) is 9.85. The Bertz CT molecular complexity index is 767. The minimum absolute atomic E-state index is 0.00631. The zero-order chi connectivity index (χ0) is 22.6. The maximum Gasteiger partial charge on any atom is 0.227 e. The number of nitrogens with zero attached hydrogens (tertiary/aromatic N) is 3. The molecule has 2 saturated heterocycles. The van der Waals surface area contributed by atoms with Gasteiger partial charge in [0.05, 0.1) is 18.7 Å². The van der Waals surface area contributed by atoms with E-state index in [1.165, 1.54) is 0 Å². The van der Waals surface area contributed by atoms with Gasteiger partial charge in [-0.1, -0.05) is 13.8 Å². The third kappa shape index (κ3) is 6.32. The highest BCUT2D eigenvalue weighted by atomic mass is 16.3. The fraction of sp³-hybridized carbons (Fsp3) is 0.696. The van der Waals surface area contributed by atoms with Crippen molar-refractivity contribution in [2.75, 3.05) is 46.8 Å². The van der Waals surface area contributed by atoms with Crippen LogP contribution in [0.15, 0.2) is 22.8 Å². The molecule has 1 aromatic heterocycles. The van der Waals surface area contributed by atoms with Crippen molar-refractivity contribution in [3.63, 3.8) is 0 Å². The van der Waals surface area contributed by atoms with E-state index in [1.807, 2.05) is 25.1 Å². The van der Waals surface area contributed by atoms with Crippen molar-refractivity contribution in [3.05, 3.63) is 24.2 Å². The van der Waals surface area contributed by atoms with Crippen LogP contribution < -0.4 is 5.32 Å². The molecule has 2 aliphatic rings. The summed E-state index contributed by atoms with van der Waals surface area (Å²) in [5.74, 6) is 0.465. The van der Waals surface area contributed by atoms with E-state index in [4.69, 9.17) is 4.42 Å². The molecular formula is C23H36N4O4. The molecule has 0 saturated carbocycles. The van der Waals surface area contributed by atoms with Crippen LogP contribution in [0, 0.1) is 17.3 Å². The highest BCUT2D eigenvalue weighted by Crippen LogP contribution is 2.25. The molecule has 0 bridgehead atoms. The molecule has 3 rings (SSSR count). The largest absolute Gasteiger partial charge is 0.467 e. The second-order valence-electron chi connectivity index (χ2n) is 9.97. The summed E-state index contributed by atoms with van der Waals surface area (Å²) in [4.78, 5) is 43.5. The van der Waals surface area contributed by atoms with Gasteiger partial charge < -0.3 is 24.4 Å². The average molecular weight is 433 g/mol. The van der Waals surface area contributed by atoms with Crippen LogP contribution in [-0.4, -0.2) is 79.2 Å². The molecule has 1 atom stereocenters. The van der Waals surface area contributed by atoms with Crippen molar-refractivity contribution in [2.45, 2.75) is 39.7 Å². The zero-order valence-corrected chi connectivity index (χ0v) is 19.2. The summed E-state index contributed by atoms with van der Waals surface area (Å²) in [6, 6.07) is 3.63. The van der Waals surface area contributed by atoms with Gasteiger partial charge in [-0.25, -0.2) is 0 Å². The Morgan fingerprint density at radius 2 is 1.94 bits per heavy atom. The van der Waals surface area contributed by atoms with E-state index < -0.39 is 0 Å². The first-order valence-corrected chi connectivity index (χ1v) is 11.2. The Morgan fingerprint density at radius 3 is 2.55 bits per heavy atom. The van der Waals surface area contributed by atoms with Crippen LogP contribution in [0.1, 0.15) is 38.9 Å². The van der Waals surface area contributed by atoms with Crippen LogP contribution in [0.4, 0.5) is 0 Å². The van der Waals surface area contributed by atoms with Gasteiger partial charge in [0.15, 0.2) is 0 Å². The lowest BCUT2D eigenvalue weighted by Gasteiger charge is -2.34. The number of furan rings is 1. The fourth-order valence-corrected chi connectivity index (χ4v) is 4.68. The monoisotopic (exact) mass is 432 g/mol. The second-order valence-corrected chi connectivity index (χ2v) is 9.97. The van der Waals surface area contributed by atoms with Gasteiger partial charge in [-0.15, -0.1) is 0 Å². The summed E-state index contributed by atoms with van der Waals surface area (Å²) in [6.07, 6.45) is 3.17. The highest BCUT2D eigenvalue weighted by molar-refractivity contribution is 5.89. The third-order valence-corrected chi connectivity index (χ3v) is 6.15. The van der Waals surface area contributed by atoms with Crippen molar-refractivity contribution in [2.24, 2.45) is 17.3 Å². The van der Waals surface area contributed by atoms with E-state index in [2.05, 4.69) is 24.1 Å². The summed E-state index contributed by atoms with van der Waals surface area (Å²) in [5, 5.41) is 3.10. The Hall–Kier alpha value is -2.35. The summed E-state index contributed by atoms with van der Waals surface area (Å²) in [7, 11) is 4.06. The first kappa shape index (κ1) is 23.3. The molecule has 0 aliphatic carbocycles. The molecule has 2 fully saturated rings. The summed E-state index contributed by atoms with van der Waals surface area (Å²) in [6.45, 7) is 7.80. The lowest BCUT2D eigenvalue weighted by atomic mass is 9.91. The smallest absolute Gasteiger partial charge is 0.227 e. The number of nitrogens with one attached hydrogen (secondary N) is 1. The number of carbonyl (C=O) groups is 3. The molecule has 0 radical (unpaired) electrons. The molecule has 1 aromatic rings. The topological polar surface area (TPSA) is 86.1 Å². The molecule has 8 heteroatoms. The quantitative estimate of drug-likeness (QED) is 0.674. The van der Waals surface area contributed by atoms with Crippen molar-refractivity contribution < 1.29 is 18.8 Å². The lowest BCUT2D eigenvalue weighted by Crippen LogP contribution is -2.47. The van der Waals surface area contributed by atoms with E-state index in [9.17, 15) is 14.4 Å². The highest BCUT2D eigenvalue weighted by Gasteiger charge is 2.38. The number of hydrogen-bond donors (Lipinski definition) is 1. The van der Waals surface area contributed by atoms with Crippen LogP contribution >= 0.6 is 0 Å². The van der Waals surface area contributed by atoms with Crippen LogP contribution in [0.2, 0.25) is 0 Å². The van der Waals surface area contributed by atoms with Gasteiger partial charge >= 0.3 is 0 Å². The molecule has 2 aliphatic heterocycles. The van der Waals surface area contributed by atoms with E-state index in [-0.39, 0.29) is 41.4 Å². The molecule has 31 heavy (non-hydrogen) atoms. The predicted molar refractivity (Wildman–Crippen MR) is 117 cm³/mol. The van der Waals surface area contributed by atoms with Gasteiger partial charge in [-0.3, -0.25) is 14.4 Å². The number of piperidine rings is 1. The van der Waals surface area contributed by atoms with Crippen molar-refractivity contribution >= 4 is 17.7 Å². The van der Waals surface area contributed by atoms with Crippen molar-refractivity contribution in [1.29, 1.82) is 0 Å². The molecule has 0 spiro atoms. The van der Waals surface area contributed by atoms with Gasteiger partial charge in [0.25, 0.3) is 0 Å². The van der Waals surface area contributed by atoms with Crippen LogP contribution in [-0.2, 0) is 20.9 Å². The van der Waals surface area contributed by atoms with Gasteiger partial charge in [0.1, 0.15) is 5.76 Å². The van der Waals surface area contributed by atoms with Crippen LogP contribution in [0.5, 0.6) is 0 Å². The fourth-order valence-electron chi connectivity index (χ4n) is 4.68. The Balaban J connectivity index is 1.43. The normalized spacial score (nSPS) is 20.5. The maximum atomic E-state index is 12.9. The minimum Gasteiger partial charge on any atom is -0.467 e. The molecule has 0 aromatic carbocycles. The predicted octanol–water partition coefficient (Wildman–Crippen LogP) is 1.57. The molecule has 8 nitrogen and oxygen atoms in total. The SMILES string of the molecule is CN(C)CC(C)(C)CNC(=O)C1CCN(C(=O)C2CC(=O)N(Cc3ccco3)C2)CC1. The Labute approximate surface area is 184 Å². The first-order valence-electron chi connectivity index (χ1n) is 11.2. The average Bonchev–Trinajstić information content (AvgIpc) is 3.35. The number of amides is 3. The third-order valence-electron chi connectivity index (χ3n) is 6.15. The summed E-state index contributed by atoms with van der Waals surface area (Å²) < 4.78 is 5.32. The molecule has 1 N–H and O–H groups in total. The zero-order valence-electron chi connectivity index (χ0n) is 19.2. The van der Waals surface area contributed by atoms with Crippen LogP contribution in [0.3, 0.4) is 0 Å². The molecular weight excluding hydrogens is 396 g/mol. The maximum absolute atomic E-state index is 12.9. The number of rotatable bonds is 8. The van der Waals surface area contributed by atoms with E-state index in [0.717, 1.165) is 12.3 Å². The number of carbonyl (C=O) groups excluding carboxylic acids is 3. The number of hydrogen-bond acceptors (Lipinski definition) is 5. The van der Waals surface area contributed by atoms with Crippen LogP contribution in [0.25, 0.3) is 0 Å². The van der Waals surface area contributed by atoms with E-state index >= 15 is 0 Å². The van der Waals surface area contributed by atoms with Crippen molar-refractivity contribution in [3.8, 4) is 0 Å². The summed E-state index contributed by atoms with van der Waals surface area (Å²) in [5.41, 5.74) is 0.00631. The van der Waals surface area contributed by atoms with Crippen molar-refractivity contribution in [1.82, 2.24) is 20.0 Å². The molecule has 3 heterocycles. The van der Waals surface area contributed by atoms with Gasteiger partial charge in [0.2, 0.25) is 17.7 Å². The standard InChI is InChI=1S/C23H36N4O4/c1-23(2,16-25(3)4)15-24-21(29)17-7-9-26(10-8-17)22(30)18-12-20(28)27(13-18)14-19-6-5-11-31-19/h5-6,11,17-18H,7-10,12-16H2,1-4H3,(H,24,29). The number of likely N-dealkylation sites (tertiary alicyclic amines) is 2. The molecule has 1 unspecified atom stereocenters. The Kier molecular flexibility index (Phi) is 7.41. The Morgan fingerprint density at radius 1 is 1.23 bits per heavy atom. The summed E-state index contributed by atoms with van der Waals surface area (Å²) >= 11 is 0. The molecule has 172 valence electrons. The minimum atomic E-state index is -0.306. The lowest BCUT2D eigenvalue weighted by molar-refractivity contribution is -0.139. The van der Waals surface area contributed by atoms with Gasteiger partial charge in [-0.05, 0) is 44.5 Å². The van der Waals surface area contributed by atoms with Gasteiger partial charge in [0, 0.05) is 45.1 Å².